The highest BCUT2D eigenvalue weighted by molar-refractivity contribution is 5.39. The van der Waals surface area contributed by atoms with Crippen molar-refractivity contribution in [3.63, 3.8) is 0 Å². The van der Waals surface area contributed by atoms with Gasteiger partial charge in [-0.1, -0.05) is 11.6 Å². The summed E-state index contributed by atoms with van der Waals surface area (Å²) < 4.78 is 11.4. The number of ether oxygens (including phenoxy) is 2. The molecular formula is C13H19NO2. The van der Waals surface area contributed by atoms with Crippen LogP contribution in [0.3, 0.4) is 0 Å². The van der Waals surface area contributed by atoms with E-state index in [0.29, 0.717) is 6.61 Å². The quantitative estimate of drug-likeness (QED) is 0.847. The van der Waals surface area contributed by atoms with Crippen molar-refractivity contribution in [2.75, 3.05) is 26.3 Å². The van der Waals surface area contributed by atoms with Gasteiger partial charge in [0.2, 0.25) is 0 Å². The fourth-order valence-corrected chi connectivity index (χ4v) is 1.97. The first-order valence-electron chi connectivity index (χ1n) is 5.87. The van der Waals surface area contributed by atoms with Crippen LogP contribution in [0.4, 0.5) is 0 Å². The van der Waals surface area contributed by atoms with Gasteiger partial charge in [-0.05, 0) is 26.0 Å². The second kappa shape index (κ2) is 5.32. The Hall–Kier alpha value is -1.06. The molecule has 88 valence electrons. The lowest BCUT2D eigenvalue weighted by Crippen LogP contribution is -2.33. The zero-order valence-electron chi connectivity index (χ0n) is 9.95. The predicted octanol–water partition coefficient (Wildman–Crippen LogP) is 2.05. The molecule has 1 heterocycles. The zero-order chi connectivity index (χ0) is 11.4. The first-order chi connectivity index (χ1) is 7.81. The van der Waals surface area contributed by atoms with Gasteiger partial charge >= 0.3 is 0 Å². The van der Waals surface area contributed by atoms with Gasteiger partial charge in [-0.15, -0.1) is 0 Å². The van der Waals surface area contributed by atoms with Gasteiger partial charge < -0.3 is 14.8 Å². The minimum absolute atomic E-state index is 0.121. The van der Waals surface area contributed by atoms with E-state index in [-0.39, 0.29) is 6.10 Å². The van der Waals surface area contributed by atoms with Crippen LogP contribution in [0.5, 0.6) is 5.75 Å². The standard InChI is InChI=1S/C13H19NO2/c1-3-15-12-5-4-10(2)8-11(12)13-9-14-6-7-16-13/h4-5,8,13-14H,3,6-7,9H2,1-2H3. The lowest BCUT2D eigenvalue weighted by atomic mass is 10.0. The number of rotatable bonds is 3. The van der Waals surface area contributed by atoms with Gasteiger partial charge in [-0.25, -0.2) is 0 Å². The molecule has 1 unspecified atom stereocenters. The Labute approximate surface area is 96.8 Å². The molecule has 0 bridgehead atoms. The third kappa shape index (κ3) is 2.54. The van der Waals surface area contributed by atoms with Crippen LogP contribution in [-0.2, 0) is 4.74 Å². The number of nitrogens with one attached hydrogen (secondary N) is 1. The molecule has 0 spiro atoms. The largest absolute Gasteiger partial charge is 0.493 e. The van der Waals surface area contributed by atoms with Crippen LogP contribution in [0.15, 0.2) is 18.2 Å². The third-order valence-electron chi connectivity index (χ3n) is 2.74. The molecule has 1 atom stereocenters. The fraction of sp³-hybridized carbons (Fsp3) is 0.538. The van der Waals surface area contributed by atoms with Crippen molar-refractivity contribution in [2.24, 2.45) is 0 Å². The summed E-state index contributed by atoms with van der Waals surface area (Å²) in [4.78, 5) is 0. The van der Waals surface area contributed by atoms with Crippen molar-refractivity contribution in [2.45, 2.75) is 20.0 Å². The summed E-state index contributed by atoms with van der Waals surface area (Å²) in [6.45, 7) is 7.36. The minimum atomic E-state index is 0.121. The molecule has 0 aliphatic carbocycles. The van der Waals surface area contributed by atoms with E-state index >= 15 is 0 Å². The molecule has 1 aromatic rings. The van der Waals surface area contributed by atoms with Crippen LogP contribution in [0.2, 0.25) is 0 Å². The summed E-state index contributed by atoms with van der Waals surface area (Å²) >= 11 is 0. The SMILES string of the molecule is CCOc1ccc(C)cc1C1CNCCO1. The number of morpholine rings is 1. The Morgan fingerprint density at radius 3 is 3.06 bits per heavy atom. The molecule has 1 N–H and O–H groups in total. The summed E-state index contributed by atoms with van der Waals surface area (Å²) in [7, 11) is 0. The summed E-state index contributed by atoms with van der Waals surface area (Å²) in [5.41, 5.74) is 2.40. The smallest absolute Gasteiger partial charge is 0.125 e. The average Bonchev–Trinajstić information content (AvgIpc) is 2.33. The summed E-state index contributed by atoms with van der Waals surface area (Å²) in [5, 5.41) is 3.34. The zero-order valence-corrected chi connectivity index (χ0v) is 9.95. The molecule has 1 aliphatic heterocycles. The molecule has 2 rings (SSSR count). The maximum Gasteiger partial charge on any atom is 0.125 e. The summed E-state index contributed by atoms with van der Waals surface area (Å²) in [5.74, 6) is 0.946. The van der Waals surface area contributed by atoms with Crippen LogP contribution in [0.25, 0.3) is 0 Å². The molecule has 0 amide bonds. The van der Waals surface area contributed by atoms with Crippen molar-refractivity contribution in [3.8, 4) is 5.75 Å². The van der Waals surface area contributed by atoms with Crippen molar-refractivity contribution < 1.29 is 9.47 Å². The van der Waals surface area contributed by atoms with Gasteiger partial charge in [0.1, 0.15) is 5.75 Å². The van der Waals surface area contributed by atoms with E-state index in [1.807, 2.05) is 13.0 Å². The monoisotopic (exact) mass is 221 g/mol. The summed E-state index contributed by atoms with van der Waals surface area (Å²) in [6.07, 6.45) is 0.121. The normalized spacial score (nSPS) is 20.8. The van der Waals surface area contributed by atoms with Gasteiger partial charge in [-0.2, -0.15) is 0 Å². The van der Waals surface area contributed by atoms with E-state index < -0.39 is 0 Å². The van der Waals surface area contributed by atoms with E-state index in [1.54, 1.807) is 0 Å². The molecule has 1 saturated heterocycles. The molecule has 1 aromatic carbocycles. The second-order valence-corrected chi connectivity index (χ2v) is 4.04. The average molecular weight is 221 g/mol. The maximum absolute atomic E-state index is 5.76. The Morgan fingerprint density at radius 1 is 1.50 bits per heavy atom. The molecule has 1 fully saturated rings. The van der Waals surface area contributed by atoms with Gasteiger partial charge in [-0.3, -0.25) is 0 Å². The Bertz CT molecular complexity index is 346. The number of hydrogen-bond acceptors (Lipinski definition) is 3. The van der Waals surface area contributed by atoms with Gasteiger partial charge in [0, 0.05) is 18.7 Å². The lowest BCUT2D eigenvalue weighted by Gasteiger charge is -2.25. The van der Waals surface area contributed by atoms with Crippen LogP contribution < -0.4 is 10.1 Å². The summed E-state index contributed by atoms with van der Waals surface area (Å²) in [6, 6.07) is 6.26. The van der Waals surface area contributed by atoms with Crippen molar-refractivity contribution in [3.05, 3.63) is 29.3 Å². The molecule has 16 heavy (non-hydrogen) atoms. The highest BCUT2D eigenvalue weighted by Crippen LogP contribution is 2.29. The number of aryl methyl sites for hydroxylation is 1. The molecule has 1 aliphatic rings. The van der Waals surface area contributed by atoms with E-state index in [9.17, 15) is 0 Å². The topological polar surface area (TPSA) is 30.5 Å². The molecule has 3 heteroatoms. The molecule has 0 radical (unpaired) electrons. The maximum atomic E-state index is 5.76. The van der Waals surface area contributed by atoms with Crippen LogP contribution in [0.1, 0.15) is 24.2 Å². The highest BCUT2D eigenvalue weighted by atomic mass is 16.5. The molecule has 3 nitrogen and oxygen atoms in total. The van der Waals surface area contributed by atoms with Crippen molar-refractivity contribution in [1.82, 2.24) is 5.32 Å². The fourth-order valence-electron chi connectivity index (χ4n) is 1.97. The van der Waals surface area contributed by atoms with E-state index in [2.05, 4.69) is 24.4 Å². The van der Waals surface area contributed by atoms with E-state index in [0.717, 1.165) is 31.0 Å². The molecule has 0 saturated carbocycles. The number of benzene rings is 1. The van der Waals surface area contributed by atoms with Crippen LogP contribution >= 0.6 is 0 Å². The van der Waals surface area contributed by atoms with Gasteiger partial charge in [0.25, 0.3) is 0 Å². The first kappa shape index (κ1) is 11.4. The van der Waals surface area contributed by atoms with Crippen LogP contribution in [-0.4, -0.2) is 26.3 Å². The Morgan fingerprint density at radius 2 is 2.38 bits per heavy atom. The van der Waals surface area contributed by atoms with Gasteiger partial charge in [0.05, 0.1) is 19.3 Å². The van der Waals surface area contributed by atoms with Gasteiger partial charge in [0.15, 0.2) is 0 Å². The van der Waals surface area contributed by atoms with Crippen molar-refractivity contribution >= 4 is 0 Å². The molecule has 0 aromatic heterocycles. The Kier molecular flexibility index (Phi) is 3.80. The lowest BCUT2D eigenvalue weighted by molar-refractivity contribution is 0.0259. The minimum Gasteiger partial charge on any atom is -0.493 e. The number of hydrogen-bond donors (Lipinski definition) is 1. The van der Waals surface area contributed by atoms with E-state index in [4.69, 9.17) is 9.47 Å². The predicted molar refractivity (Wildman–Crippen MR) is 63.9 cm³/mol. The first-order valence-corrected chi connectivity index (χ1v) is 5.87. The molecular weight excluding hydrogens is 202 g/mol. The third-order valence-corrected chi connectivity index (χ3v) is 2.74. The van der Waals surface area contributed by atoms with Crippen molar-refractivity contribution in [1.29, 1.82) is 0 Å². The second-order valence-electron chi connectivity index (χ2n) is 4.04. The highest BCUT2D eigenvalue weighted by Gasteiger charge is 2.19. The van der Waals surface area contributed by atoms with E-state index in [1.165, 1.54) is 5.56 Å². The van der Waals surface area contributed by atoms with Crippen LogP contribution in [0, 0.1) is 6.92 Å². The Balaban J connectivity index is 2.24.